The quantitative estimate of drug-likeness (QED) is 0.800. The highest BCUT2D eigenvalue weighted by molar-refractivity contribution is 4.88. The first-order valence-corrected chi connectivity index (χ1v) is 7.39. The normalized spacial score (nSPS) is 30.5. The molecule has 3 atom stereocenters. The van der Waals surface area contributed by atoms with Gasteiger partial charge in [-0.25, -0.2) is 0 Å². The molecule has 3 unspecified atom stereocenters. The minimum Gasteiger partial charge on any atom is -0.326 e. The van der Waals surface area contributed by atoms with Crippen molar-refractivity contribution in [3.05, 3.63) is 0 Å². The standard InChI is InChI=1S/C15H32N2/c1-11(2)9-17(10-12(3)4)15-8-13(5)6-7-14(15)16/h11-15H,6-10,16H2,1-5H3. The Kier molecular flexibility index (Phi) is 5.94. The monoisotopic (exact) mass is 240 g/mol. The summed E-state index contributed by atoms with van der Waals surface area (Å²) in [5.41, 5.74) is 6.35. The average Bonchev–Trinajstić information content (AvgIpc) is 2.19. The maximum atomic E-state index is 6.35. The van der Waals surface area contributed by atoms with Crippen molar-refractivity contribution in [2.45, 2.75) is 66.0 Å². The average molecular weight is 240 g/mol. The molecule has 2 N–H and O–H groups in total. The lowest BCUT2D eigenvalue weighted by molar-refractivity contribution is 0.0923. The predicted molar refractivity (Wildman–Crippen MR) is 76.0 cm³/mol. The summed E-state index contributed by atoms with van der Waals surface area (Å²) in [7, 11) is 0. The first kappa shape index (κ1) is 15.0. The lowest BCUT2D eigenvalue weighted by Crippen LogP contribution is -2.53. The predicted octanol–water partition coefficient (Wildman–Crippen LogP) is 3.12. The highest BCUT2D eigenvalue weighted by Gasteiger charge is 2.31. The van der Waals surface area contributed by atoms with Gasteiger partial charge in [-0.15, -0.1) is 0 Å². The highest BCUT2D eigenvalue weighted by Crippen LogP contribution is 2.27. The zero-order chi connectivity index (χ0) is 13.0. The van der Waals surface area contributed by atoms with Crippen LogP contribution in [0.1, 0.15) is 53.9 Å². The van der Waals surface area contributed by atoms with E-state index < -0.39 is 0 Å². The molecule has 0 bridgehead atoms. The van der Waals surface area contributed by atoms with Crippen molar-refractivity contribution in [2.75, 3.05) is 13.1 Å². The van der Waals surface area contributed by atoms with Gasteiger partial charge in [0, 0.05) is 25.2 Å². The maximum absolute atomic E-state index is 6.35. The summed E-state index contributed by atoms with van der Waals surface area (Å²) >= 11 is 0. The van der Waals surface area contributed by atoms with Gasteiger partial charge in [0.15, 0.2) is 0 Å². The molecule has 0 spiro atoms. The summed E-state index contributed by atoms with van der Waals surface area (Å²) in [6, 6.07) is 1.01. The van der Waals surface area contributed by atoms with Crippen LogP contribution in [-0.4, -0.2) is 30.1 Å². The van der Waals surface area contributed by atoms with Crippen LogP contribution in [0.3, 0.4) is 0 Å². The Balaban J connectivity index is 2.65. The van der Waals surface area contributed by atoms with Crippen LogP contribution >= 0.6 is 0 Å². The molecular formula is C15H32N2. The van der Waals surface area contributed by atoms with E-state index in [9.17, 15) is 0 Å². The van der Waals surface area contributed by atoms with Crippen LogP contribution in [0.4, 0.5) is 0 Å². The molecule has 0 aromatic heterocycles. The van der Waals surface area contributed by atoms with Gasteiger partial charge in [-0.05, 0) is 37.0 Å². The largest absolute Gasteiger partial charge is 0.326 e. The summed E-state index contributed by atoms with van der Waals surface area (Å²) in [5, 5.41) is 0. The van der Waals surface area contributed by atoms with E-state index >= 15 is 0 Å². The molecule has 0 heterocycles. The van der Waals surface area contributed by atoms with Crippen molar-refractivity contribution in [3.63, 3.8) is 0 Å². The summed E-state index contributed by atoms with van der Waals surface area (Å²) < 4.78 is 0. The Hall–Kier alpha value is -0.0800. The zero-order valence-electron chi connectivity index (χ0n) is 12.4. The third-order valence-corrected chi connectivity index (χ3v) is 3.80. The first-order valence-electron chi connectivity index (χ1n) is 7.39. The molecule has 2 heteroatoms. The molecule has 2 nitrogen and oxygen atoms in total. The lowest BCUT2D eigenvalue weighted by atomic mass is 9.82. The van der Waals surface area contributed by atoms with Gasteiger partial charge >= 0.3 is 0 Å². The van der Waals surface area contributed by atoms with Crippen LogP contribution in [0, 0.1) is 17.8 Å². The van der Waals surface area contributed by atoms with Gasteiger partial charge in [-0.3, -0.25) is 4.90 Å². The SMILES string of the molecule is CC(C)CN(CC(C)C)C1CC(C)CCC1N. The maximum Gasteiger partial charge on any atom is 0.0249 e. The molecule has 1 saturated carbocycles. The second-order valence-electron chi connectivity index (χ2n) is 6.89. The van der Waals surface area contributed by atoms with Gasteiger partial charge in [-0.1, -0.05) is 34.6 Å². The molecular weight excluding hydrogens is 208 g/mol. The molecule has 1 fully saturated rings. The summed E-state index contributed by atoms with van der Waals surface area (Å²) in [4.78, 5) is 2.66. The van der Waals surface area contributed by atoms with Crippen LogP contribution in [0.2, 0.25) is 0 Å². The Bertz CT molecular complexity index is 203. The van der Waals surface area contributed by atoms with Gasteiger partial charge in [-0.2, -0.15) is 0 Å². The van der Waals surface area contributed by atoms with Crippen molar-refractivity contribution in [1.29, 1.82) is 0 Å². The first-order chi connectivity index (χ1) is 7.90. The van der Waals surface area contributed by atoms with Crippen molar-refractivity contribution in [2.24, 2.45) is 23.5 Å². The smallest absolute Gasteiger partial charge is 0.0249 e. The molecule has 17 heavy (non-hydrogen) atoms. The Morgan fingerprint density at radius 2 is 1.59 bits per heavy atom. The molecule has 0 saturated heterocycles. The van der Waals surface area contributed by atoms with Crippen LogP contribution in [0.15, 0.2) is 0 Å². The van der Waals surface area contributed by atoms with Gasteiger partial charge < -0.3 is 5.73 Å². The number of nitrogens with zero attached hydrogens (tertiary/aromatic N) is 1. The molecule has 102 valence electrons. The van der Waals surface area contributed by atoms with E-state index in [4.69, 9.17) is 5.73 Å². The molecule has 0 aromatic carbocycles. The highest BCUT2D eigenvalue weighted by atomic mass is 15.2. The van der Waals surface area contributed by atoms with E-state index in [1.54, 1.807) is 0 Å². The molecule has 0 aromatic rings. The molecule has 1 aliphatic carbocycles. The third-order valence-electron chi connectivity index (χ3n) is 3.80. The minimum absolute atomic E-state index is 0.392. The van der Waals surface area contributed by atoms with Crippen LogP contribution in [0.5, 0.6) is 0 Å². The molecule has 0 amide bonds. The van der Waals surface area contributed by atoms with Gasteiger partial charge in [0.2, 0.25) is 0 Å². The van der Waals surface area contributed by atoms with E-state index in [0.717, 1.165) is 17.8 Å². The summed E-state index contributed by atoms with van der Waals surface area (Å²) in [6.45, 7) is 14.0. The zero-order valence-corrected chi connectivity index (χ0v) is 12.4. The lowest BCUT2D eigenvalue weighted by Gasteiger charge is -2.42. The summed E-state index contributed by atoms with van der Waals surface area (Å²) in [5.74, 6) is 2.32. The Labute approximate surface area is 108 Å². The number of hydrogen-bond acceptors (Lipinski definition) is 2. The van der Waals surface area contributed by atoms with Gasteiger partial charge in [0.25, 0.3) is 0 Å². The molecule has 0 radical (unpaired) electrons. The fourth-order valence-electron chi connectivity index (χ4n) is 3.08. The van der Waals surface area contributed by atoms with E-state index in [1.807, 2.05) is 0 Å². The van der Waals surface area contributed by atoms with Crippen LogP contribution < -0.4 is 5.73 Å². The van der Waals surface area contributed by atoms with Gasteiger partial charge in [0.05, 0.1) is 0 Å². The van der Waals surface area contributed by atoms with Crippen molar-refractivity contribution in [1.82, 2.24) is 4.90 Å². The van der Waals surface area contributed by atoms with Crippen molar-refractivity contribution >= 4 is 0 Å². The number of hydrogen-bond donors (Lipinski definition) is 1. The number of nitrogens with two attached hydrogens (primary N) is 1. The van der Waals surface area contributed by atoms with Gasteiger partial charge in [0.1, 0.15) is 0 Å². The second-order valence-corrected chi connectivity index (χ2v) is 6.89. The van der Waals surface area contributed by atoms with Crippen molar-refractivity contribution < 1.29 is 0 Å². The summed E-state index contributed by atoms with van der Waals surface area (Å²) in [6.07, 6.45) is 3.81. The van der Waals surface area contributed by atoms with E-state index in [0.29, 0.717) is 12.1 Å². The van der Waals surface area contributed by atoms with Crippen molar-refractivity contribution in [3.8, 4) is 0 Å². The number of rotatable bonds is 5. The van der Waals surface area contributed by atoms with E-state index in [-0.39, 0.29) is 0 Å². The van der Waals surface area contributed by atoms with Crippen LogP contribution in [0.25, 0.3) is 0 Å². The molecule has 1 rings (SSSR count). The topological polar surface area (TPSA) is 29.3 Å². The fourth-order valence-corrected chi connectivity index (χ4v) is 3.08. The Morgan fingerprint density at radius 3 is 2.06 bits per heavy atom. The fraction of sp³-hybridized carbons (Fsp3) is 1.00. The van der Waals surface area contributed by atoms with E-state index in [2.05, 4.69) is 39.5 Å². The minimum atomic E-state index is 0.392. The second kappa shape index (κ2) is 6.75. The molecule has 0 aliphatic heterocycles. The third kappa shape index (κ3) is 4.97. The molecule has 1 aliphatic rings. The van der Waals surface area contributed by atoms with E-state index in [1.165, 1.54) is 32.4 Å². The Morgan fingerprint density at radius 1 is 1.06 bits per heavy atom. The van der Waals surface area contributed by atoms with Crippen LogP contribution in [-0.2, 0) is 0 Å².